The normalized spacial score (nSPS) is 19.4. The van der Waals surface area contributed by atoms with Crippen molar-refractivity contribution in [2.75, 3.05) is 13.2 Å². The van der Waals surface area contributed by atoms with Gasteiger partial charge in [-0.1, -0.05) is 146 Å². The van der Waals surface area contributed by atoms with Crippen LogP contribution >= 0.6 is 11.8 Å². The molecule has 0 unspecified atom stereocenters. The molecule has 5 nitrogen and oxygen atoms in total. The first kappa shape index (κ1) is 39.5. The first-order chi connectivity index (χ1) is 27.6. The van der Waals surface area contributed by atoms with Crippen molar-refractivity contribution in [3.05, 3.63) is 209 Å². The molecule has 0 amide bonds. The average Bonchev–Trinajstić information content (AvgIpc) is 3.25. The molecule has 56 heavy (non-hydrogen) atoms. The number of benzene rings is 6. The number of thioether (sulfide) groups is 1. The van der Waals surface area contributed by atoms with E-state index in [1.54, 1.807) is 17.8 Å². The summed E-state index contributed by atoms with van der Waals surface area (Å²) in [6, 6.07) is 54.2. The molecular formula is C49H49FO5S. The van der Waals surface area contributed by atoms with Crippen LogP contribution in [-0.2, 0) is 51.8 Å². The van der Waals surface area contributed by atoms with Crippen LogP contribution < -0.4 is 4.74 Å². The largest absolute Gasteiger partial charge is 0.494 e. The van der Waals surface area contributed by atoms with Crippen LogP contribution in [0.4, 0.5) is 4.39 Å². The van der Waals surface area contributed by atoms with Gasteiger partial charge in [0, 0.05) is 6.42 Å². The Balaban J connectivity index is 1.25. The Morgan fingerprint density at radius 2 is 1.02 bits per heavy atom. The molecule has 0 aromatic heterocycles. The second kappa shape index (κ2) is 20.4. The smallest absolute Gasteiger partial charge is 0.126 e. The van der Waals surface area contributed by atoms with Crippen molar-refractivity contribution < 1.29 is 28.1 Å². The Bertz CT molecular complexity index is 2030. The maximum absolute atomic E-state index is 15.7. The summed E-state index contributed by atoms with van der Waals surface area (Å²) in [6.45, 7) is 4.62. The quantitative estimate of drug-likeness (QED) is 0.0868. The van der Waals surface area contributed by atoms with Gasteiger partial charge in [-0.05, 0) is 64.1 Å². The second-order valence-corrected chi connectivity index (χ2v) is 15.4. The van der Waals surface area contributed by atoms with Crippen LogP contribution in [-0.4, -0.2) is 36.8 Å². The molecule has 6 aromatic rings. The van der Waals surface area contributed by atoms with Crippen molar-refractivity contribution in [1.29, 1.82) is 0 Å². The molecule has 1 aliphatic heterocycles. The highest BCUT2D eigenvalue weighted by atomic mass is 32.2. The fourth-order valence-electron chi connectivity index (χ4n) is 7.05. The van der Waals surface area contributed by atoms with Crippen molar-refractivity contribution in [3.63, 3.8) is 0 Å². The predicted octanol–water partition coefficient (Wildman–Crippen LogP) is 10.9. The Morgan fingerprint density at radius 1 is 0.518 bits per heavy atom. The number of halogens is 1. The van der Waals surface area contributed by atoms with E-state index in [1.165, 1.54) is 0 Å². The first-order valence-corrected chi connectivity index (χ1v) is 20.3. The SMILES string of the molecule is CCOc1ccc(Cc2cc([C@@H]3S[C@H](COCc4ccccc4)[C@@H](OCc4ccccc4)[C@H](OCc4ccccc4)[C@H]3OCc3ccccc3)ccc2F)cc1. The summed E-state index contributed by atoms with van der Waals surface area (Å²) in [4.78, 5) is 0. The van der Waals surface area contributed by atoms with E-state index in [-0.39, 0.29) is 22.4 Å². The molecule has 0 aliphatic carbocycles. The molecule has 0 saturated carbocycles. The van der Waals surface area contributed by atoms with Gasteiger partial charge in [-0.25, -0.2) is 4.39 Å². The molecule has 0 N–H and O–H groups in total. The Labute approximate surface area is 334 Å². The van der Waals surface area contributed by atoms with Crippen molar-refractivity contribution in [2.24, 2.45) is 0 Å². The van der Waals surface area contributed by atoms with E-state index in [0.717, 1.165) is 39.1 Å². The molecule has 1 fully saturated rings. The summed E-state index contributed by atoms with van der Waals surface area (Å²) >= 11 is 1.77. The fourth-order valence-corrected chi connectivity index (χ4v) is 8.69. The highest BCUT2D eigenvalue weighted by molar-refractivity contribution is 8.00. The monoisotopic (exact) mass is 768 g/mol. The van der Waals surface area contributed by atoms with Crippen molar-refractivity contribution in [3.8, 4) is 5.75 Å². The molecule has 7 rings (SSSR count). The molecule has 7 heteroatoms. The molecule has 6 aromatic carbocycles. The topological polar surface area (TPSA) is 46.2 Å². The van der Waals surface area contributed by atoms with Gasteiger partial charge in [0.15, 0.2) is 0 Å². The van der Waals surface area contributed by atoms with Gasteiger partial charge in [-0.3, -0.25) is 0 Å². The van der Waals surface area contributed by atoms with Gasteiger partial charge in [0.05, 0.1) is 50.1 Å². The number of hydrogen-bond donors (Lipinski definition) is 0. The number of hydrogen-bond acceptors (Lipinski definition) is 6. The van der Waals surface area contributed by atoms with Crippen LogP contribution in [0.2, 0.25) is 0 Å². The molecular weight excluding hydrogens is 720 g/mol. The van der Waals surface area contributed by atoms with Crippen molar-refractivity contribution >= 4 is 11.8 Å². The van der Waals surface area contributed by atoms with E-state index < -0.39 is 12.2 Å². The average molecular weight is 769 g/mol. The molecule has 1 heterocycles. The predicted molar refractivity (Wildman–Crippen MR) is 222 cm³/mol. The van der Waals surface area contributed by atoms with Crippen molar-refractivity contribution in [1.82, 2.24) is 0 Å². The van der Waals surface area contributed by atoms with E-state index in [9.17, 15) is 0 Å². The summed E-state index contributed by atoms with van der Waals surface area (Å²) < 4.78 is 48.7. The fraction of sp³-hybridized carbons (Fsp3) is 0.265. The summed E-state index contributed by atoms with van der Waals surface area (Å²) in [7, 11) is 0. The lowest BCUT2D eigenvalue weighted by atomic mass is 9.94. The molecule has 5 atom stereocenters. The molecule has 0 bridgehead atoms. The number of ether oxygens (including phenoxy) is 5. The lowest BCUT2D eigenvalue weighted by molar-refractivity contribution is -0.160. The van der Waals surface area contributed by atoms with Gasteiger partial charge in [-0.15, -0.1) is 11.8 Å². The molecule has 0 spiro atoms. The minimum absolute atomic E-state index is 0.135. The highest BCUT2D eigenvalue weighted by Gasteiger charge is 2.48. The van der Waals surface area contributed by atoms with E-state index in [0.29, 0.717) is 51.6 Å². The lowest BCUT2D eigenvalue weighted by Gasteiger charge is -2.46. The Hall–Kier alpha value is -4.76. The summed E-state index contributed by atoms with van der Waals surface area (Å²) in [5.74, 6) is 0.558. The maximum Gasteiger partial charge on any atom is 0.126 e. The standard InChI is InChI=1S/C49H49FO5S/c1-2-52-43-26-23-36(24-27-43)29-42-30-41(25-28-44(42)50)49-48(55-34-40-21-13-6-14-22-40)47(54-33-39-19-11-5-12-20-39)46(53-32-38-17-9-4-10-18-38)45(56-49)35-51-31-37-15-7-3-8-16-37/h3-28,30,45-49H,2,29,31-35H2,1H3/t45-,46-,47+,48-,49+/m1/s1. The highest BCUT2D eigenvalue weighted by Crippen LogP contribution is 2.48. The lowest BCUT2D eigenvalue weighted by Crippen LogP contribution is -2.54. The minimum atomic E-state index is -0.487. The van der Waals surface area contributed by atoms with Crippen LogP contribution in [0, 0.1) is 5.82 Å². The zero-order valence-corrected chi connectivity index (χ0v) is 32.6. The van der Waals surface area contributed by atoms with Crippen LogP contribution in [0.3, 0.4) is 0 Å². The summed E-state index contributed by atoms with van der Waals surface area (Å²) in [5, 5.41) is -0.356. The zero-order valence-electron chi connectivity index (χ0n) is 31.8. The zero-order chi connectivity index (χ0) is 38.4. The van der Waals surface area contributed by atoms with E-state index in [2.05, 4.69) is 48.5 Å². The molecule has 1 saturated heterocycles. The third-order valence-electron chi connectivity index (χ3n) is 9.91. The van der Waals surface area contributed by atoms with Gasteiger partial charge in [0.1, 0.15) is 29.9 Å². The van der Waals surface area contributed by atoms with E-state index >= 15 is 4.39 Å². The van der Waals surface area contributed by atoms with Crippen LogP contribution in [0.15, 0.2) is 164 Å². The first-order valence-electron chi connectivity index (χ1n) is 19.4. The van der Waals surface area contributed by atoms with Crippen LogP contribution in [0.5, 0.6) is 5.75 Å². The molecule has 1 aliphatic rings. The van der Waals surface area contributed by atoms with Gasteiger partial charge in [0.25, 0.3) is 0 Å². The second-order valence-electron chi connectivity index (χ2n) is 14.0. The third-order valence-corrected chi connectivity index (χ3v) is 11.5. The summed E-state index contributed by atoms with van der Waals surface area (Å²) in [5.41, 5.74) is 6.89. The molecule has 288 valence electrons. The Morgan fingerprint density at radius 3 is 1.55 bits per heavy atom. The summed E-state index contributed by atoms with van der Waals surface area (Å²) in [6.07, 6.45) is -0.877. The maximum atomic E-state index is 15.7. The third kappa shape index (κ3) is 11.0. The minimum Gasteiger partial charge on any atom is -0.494 e. The number of rotatable bonds is 18. The van der Waals surface area contributed by atoms with Gasteiger partial charge >= 0.3 is 0 Å². The van der Waals surface area contributed by atoms with Gasteiger partial charge < -0.3 is 23.7 Å². The van der Waals surface area contributed by atoms with E-state index in [1.807, 2.05) is 116 Å². The molecule has 0 radical (unpaired) electrons. The van der Waals surface area contributed by atoms with Crippen LogP contribution in [0.25, 0.3) is 0 Å². The van der Waals surface area contributed by atoms with Crippen LogP contribution in [0.1, 0.15) is 51.1 Å². The van der Waals surface area contributed by atoms with Crippen molar-refractivity contribution in [2.45, 2.75) is 68.6 Å². The Kier molecular flexibility index (Phi) is 14.4. The van der Waals surface area contributed by atoms with Gasteiger partial charge in [0.2, 0.25) is 0 Å². The van der Waals surface area contributed by atoms with Gasteiger partial charge in [-0.2, -0.15) is 0 Å². The van der Waals surface area contributed by atoms with E-state index in [4.69, 9.17) is 23.7 Å².